The number of anilines is 3. The molecule has 128 valence electrons. The predicted molar refractivity (Wildman–Crippen MR) is 95.0 cm³/mol. The minimum absolute atomic E-state index is 0.168. The van der Waals surface area contributed by atoms with Crippen LogP contribution in [0.25, 0.3) is 0 Å². The third kappa shape index (κ3) is 4.32. The summed E-state index contributed by atoms with van der Waals surface area (Å²) < 4.78 is 5.65. The number of ether oxygens (including phenoxy) is 1. The summed E-state index contributed by atoms with van der Waals surface area (Å²) in [5.74, 6) is 2.22. The van der Waals surface area contributed by atoms with Crippen LogP contribution in [0.15, 0.2) is 30.5 Å². The van der Waals surface area contributed by atoms with Gasteiger partial charge in [-0.2, -0.15) is 10.1 Å². The van der Waals surface area contributed by atoms with Gasteiger partial charge in [-0.1, -0.05) is 0 Å². The van der Waals surface area contributed by atoms with Crippen molar-refractivity contribution in [3.8, 4) is 5.75 Å². The highest BCUT2D eigenvalue weighted by Gasteiger charge is 2.17. The van der Waals surface area contributed by atoms with Crippen molar-refractivity contribution in [2.24, 2.45) is 0 Å². The molecular weight excluding hydrogens is 304 g/mol. The van der Waals surface area contributed by atoms with E-state index in [1.54, 1.807) is 6.20 Å². The van der Waals surface area contributed by atoms with Gasteiger partial charge in [0.1, 0.15) is 5.75 Å². The van der Waals surface area contributed by atoms with E-state index in [9.17, 15) is 0 Å². The van der Waals surface area contributed by atoms with Gasteiger partial charge in [0, 0.05) is 31.9 Å². The SMILES string of the molecule is CC(C)Oc1ccc(Nc2cnnc(N3CCN(C)CC3)n2)cc1. The molecule has 2 heterocycles. The lowest BCUT2D eigenvalue weighted by Crippen LogP contribution is -2.45. The van der Waals surface area contributed by atoms with Gasteiger partial charge in [-0.25, -0.2) is 0 Å². The normalized spacial score (nSPS) is 15.6. The number of nitrogens with zero attached hydrogens (tertiary/aromatic N) is 5. The maximum absolute atomic E-state index is 5.65. The monoisotopic (exact) mass is 328 g/mol. The Hall–Kier alpha value is -2.41. The van der Waals surface area contributed by atoms with E-state index in [1.165, 1.54) is 0 Å². The Morgan fingerprint density at radius 3 is 2.46 bits per heavy atom. The fourth-order valence-electron chi connectivity index (χ4n) is 2.53. The van der Waals surface area contributed by atoms with Crippen molar-refractivity contribution in [1.29, 1.82) is 0 Å². The second kappa shape index (κ2) is 7.44. The summed E-state index contributed by atoms with van der Waals surface area (Å²) in [5.41, 5.74) is 0.941. The number of nitrogens with one attached hydrogen (secondary N) is 1. The van der Waals surface area contributed by atoms with E-state index >= 15 is 0 Å². The Labute approximate surface area is 142 Å². The van der Waals surface area contributed by atoms with Crippen LogP contribution in [-0.2, 0) is 0 Å². The molecule has 24 heavy (non-hydrogen) atoms. The molecule has 0 atom stereocenters. The highest BCUT2D eigenvalue weighted by molar-refractivity contribution is 5.57. The summed E-state index contributed by atoms with van der Waals surface area (Å²) in [4.78, 5) is 9.04. The zero-order chi connectivity index (χ0) is 16.9. The topological polar surface area (TPSA) is 66.4 Å². The van der Waals surface area contributed by atoms with Crippen molar-refractivity contribution >= 4 is 17.5 Å². The lowest BCUT2D eigenvalue weighted by atomic mass is 10.3. The predicted octanol–water partition coefficient (Wildman–Crippen LogP) is 2.15. The molecule has 1 aliphatic heterocycles. The number of likely N-dealkylation sites (N-methyl/N-ethyl adjacent to an activating group) is 1. The van der Waals surface area contributed by atoms with E-state index in [0.29, 0.717) is 11.8 Å². The minimum atomic E-state index is 0.168. The molecule has 0 bridgehead atoms. The fraction of sp³-hybridized carbons (Fsp3) is 0.471. The summed E-state index contributed by atoms with van der Waals surface area (Å²) >= 11 is 0. The van der Waals surface area contributed by atoms with E-state index in [1.807, 2.05) is 38.1 Å². The number of benzene rings is 1. The van der Waals surface area contributed by atoms with Crippen LogP contribution in [0.4, 0.5) is 17.5 Å². The zero-order valence-electron chi connectivity index (χ0n) is 14.4. The first-order valence-electron chi connectivity index (χ1n) is 8.27. The summed E-state index contributed by atoms with van der Waals surface area (Å²) in [6, 6.07) is 7.82. The average Bonchev–Trinajstić information content (AvgIpc) is 2.57. The number of hydrogen-bond acceptors (Lipinski definition) is 7. The lowest BCUT2D eigenvalue weighted by molar-refractivity contribution is 0.242. The van der Waals surface area contributed by atoms with Crippen molar-refractivity contribution < 1.29 is 4.74 Å². The standard InChI is InChI=1S/C17H24N6O/c1-13(2)24-15-6-4-14(5-7-15)19-16-12-18-21-17(20-16)23-10-8-22(3)9-11-23/h4-7,12-13H,8-11H2,1-3H3,(H,19,20,21). The molecule has 3 rings (SSSR count). The van der Waals surface area contributed by atoms with Gasteiger partial charge < -0.3 is 19.9 Å². The number of aromatic nitrogens is 3. The molecule has 1 aromatic carbocycles. The molecule has 1 N–H and O–H groups in total. The van der Waals surface area contributed by atoms with Gasteiger partial charge in [0.05, 0.1) is 12.3 Å². The third-order valence-electron chi connectivity index (χ3n) is 3.83. The Balaban J connectivity index is 1.66. The minimum Gasteiger partial charge on any atom is -0.491 e. The zero-order valence-corrected chi connectivity index (χ0v) is 14.4. The van der Waals surface area contributed by atoms with E-state index in [2.05, 4.69) is 37.3 Å². The summed E-state index contributed by atoms with van der Waals surface area (Å²) in [7, 11) is 2.13. The molecule has 0 spiro atoms. The van der Waals surface area contributed by atoms with Gasteiger partial charge in [0.15, 0.2) is 5.82 Å². The maximum atomic E-state index is 5.65. The van der Waals surface area contributed by atoms with Crippen LogP contribution in [0.2, 0.25) is 0 Å². The molecule has 7 nitrogen and oxygen atoms in total. The number of hydrogen-bond donors (Lipinski definition) is 1. The van der Waals surface area contributed by atoms with Gasteiger partial charge in [-0.3, -0.25) is 0 Å². The van der Waals surface area contributed by atoms with Crippen molar-refractivity contribution in [1.82, 2.24) is 20.1 Å². The molecule has 0 saturated carbocycles. The van der Waals surface area contributed by atoms with E-state index in [4.69, 9.17) is 4.74 Å². The highest BCUT2D eigenvalue weighted by Crippen LogP contribution is 2.20. The van der Waals surface area contributed by atoms with Crippen LogP contribution in [0.3, 0.4) is 0 Å². The Bertz CT molecular complexity index is 652. The second-order valence-electron chi connectivity index (χ2n) is 6.25. The molecular formula is C17H24N6O. The van der Waals surface area contributed by atoms with Crippen LogP contribution in [0.1, 0.15) is 13.8 Å². The Morgan fingerprint density at radius 2 is 1.79 bits per heavy atom. The van der Waals surface area contributed by atoms with Crippen LogP contribution < -0.4 is 15.0 Å². The van der Waals surface area contributed by atoms with Gasteiger partial charge in [0.2, 0.25) is 5.95 Å². The van der Waals surface area contributed by atoms with Gasteiger partial charge in [-0.15, -0.1) is 5.10 Å². The van der Waals surface area contributed by atoms with Crippen molar-refractivity contribution in [2.45, 2.75) is 20.0 Å². The van der Waals surface area contributed by atoms with E-state index < -0.39 is 0 Å². The van der Waals surface area contributed by atoms with E-state index in [0.717, 1.165) is 37.6 Å². The van der Waals surface area contributed by atoms with Crippen LogP contribution in [-0.4, -0.2) is 59.4 Å². The highest BCUT2D eigenvalue weighted by atomic mass is 16.5. The maximum Gasteiger partial charge on any atom is 0.247 e. The van der Waals surface area contributed by atoms with Crippen molar-refractivity contribution in [2.75, 3.05) is 43.4 Å². The first kappa shape index (κ1) is 16.4. The molecule has 0 unspecified atom stereocenters. The lowest BCUT2D eigenvalue weighted by Gasteiger charge is -2.32. The Morgan fingerprint density at radius 1 is 1.08 bits per heavy atom. The Kier molecular flexibility index (Phi) is 5.10. The fourth-order valence-corrected chi connectivity index (χ4v) is 2.53. The second-order valence-corrected chi connectivity index (χ2v) is 6.25. The first-order valence-corrected chi connectivity index (χ1v) is 8.27. The summed E-state index contributed by atoms with van der Waals surface area (Å²) in [6.45, 7) is 7.89. The smallest absolute Gasteiger partial charge is 0.247 e. The van der Waals surface area contributed by atoms with Gasteiger partial charge in [0.25, 0.3) is 0 Å². The molecule has 1 saturated heterocycles. The molecule has 1 aliphatic rings. The van der Waals surface area contributed by atoms with E-state index in [-0.39, 0.29) is 6.10 Å². The number of rotatable bonds is 5. The summed E-state index contributed by atoms with van der Waals surface area (Å²) in [5, 5.41) is 11.5. The van der Waals surface area contributed by atoms with Crippen LogP contribution in [0, 0.1) is 0 Å². The molecule has 2 aromatic rings. The quantitative estimate of drug-likeness (QED) is 0.902. The van der Waals surface area contributed by atoms with Gasteiger partial charge >= 0.3 is 0 Å². The molecule has 0 radical (unpaired) electrons. The molecule has 1 fully saturated rings. The molecule has 0 aliphatic carbocycles. The molecule has 1 aromatic heterocycles. The number of piperazine rings is 1. The average molecular weight is 328 g/mol. The van der Waals surface area contributed by atoms with Crippen LogP contribution in [0.5, 0.6) is 5.75 Å². The molecule has 0 amide bonds. The van der Waals surface area contributed by atoms with Crippen molar-refractivity contribution in [3.63, 3.8) is 0 Å². The van der Waals surface area contributed by atoms with Crippen molar-refractivity contribution in [3.05, 3.63) is 30.5 Å². The summed E-state index contributed by atoms with van der Waals surface area (Å²) in [6.07, 6.45) is 1.80. The van der Waals surface area contributed by atoms with Crippen LogP contribution >= 0.6 is 0 Å². The first-order chi connectivity index (χ1) is 11.6. The third-order valence-corrected chi connectivity index (χ3v) is 3.83. The largest absolute Gasteiger partial charge is 0.491 e. The molecule has 7 heteroatoms. The van der Waals surface area contributed by atoms with Gasteiger partial charge in [-0.05, 0) is 45.2 Å².